The van der Waals surface area contributed by atoms with Crippen LogP contribution in [-0.4, -0.2) is 26.3 Å². The molecular formula is C25H32N2O4. The lowest BCUT2D eigenvalue weighted by Crippen LogP contribution is -2.29. The van der Waals surface area contributed by atoms with Crippen LogP contribution in [0.5, 0.6) is 5.75 Å². The van der Waals surface area contributed by atoms with E-state index in [0.717, 1.165) is 39.9 Å². The number of hydrogen-bond acceptors (Lipinski definition) is 3. The second-order valence-electron chi connectivity index (χ2n) is 8.48. The molecule has 2 aromatic carbocycles. The van der Waals surface area contributed by atoms with Gasteiger partial charge >= 0.3 is 11.7 Å². The molecule has 0 amide bonds. The quantitative estimate of drug-likeness (QED) is 0.520. The Kier molecular flexibility index (Phi) is 6.88. The van der Waals surface area contributed by atoms with Gasteiger partial charge in [-0.25, -0.2) is 4.79 Å². The Balaban J connectivity index is 2.15. The van der Waals surface area contributed by atoms with Crippen LogP contribution in [0.15, 0.2) is 41.2 Å². The normalized spacial score (nSPS) is 12.5. The molecular weight excluding hydrogens is 392 g/mol. The fraction of sp³-hybridized carbons (Fsp3) is 0.440. The van der Waals surface area contributed by atoms with Gasteiger partial charge in [0.1, 0.15) is 5.75 Å². The van der Waals surface area contributed by atoms with Gasteiger partial charge in [-0.1, -0.05) is 31.5 Å². The zero-order chi connectivity index (χ0) is 22.7. The topological polar surface area (TPSA) is 73.5 Å². The van der Waals surface area contributed by atoms with Crippen LogP contribution < -0.4 is 10.4 Å². The molecule has 0 aliphatic rings. The number of aryl methyl sites for hydroxylation is 1. The number of benzene rings is 2. The molecule has 0 aliphatic carbocycles. The molecule has 0 radical (unpaired) electrons. The maximum atomic E-state index is 13.6. The highest BCUT2D eigenvalue weighted by atomic mass is 16.5. The first-order valence-electron chi connectivity index (χ1n) is 10.9. The molecule has 1 aromatic heterocycles. The summed E-state index contributed by atoms with van der Waals surface area (Å²) in [6.45, 7) is 10.4. The van der Waals surface area contributed by atoms with Crippen molar-refractivity contribution in [2.45, 2.75) is 72.6 Å². The highest BCUT2D eigenvalue weighted by Gasteiger charge is 2.23. The van der Waals surface area contributed by atoms with E-state index in [4.69, 9.17) is 4.74 Å². The number of rotatable bonds is 9. The summed E-state index contributed by atoms with van der Waals surface area (Å²) in [7, 11) is 0. The lowest BCUT2D eigenvalue weighted by Gasteiger charge is -2.17. The van der Waals surface area contributed by atoms with Gasteiger partial charge in [0.2, 0.25) is 0 Å². The van der Waals surface area contributed by atoms with E-state index in [1.807, 2.05) is 65.0 Å². The SMILES string of the molecule is CCCC(CC(=O)O)n1c(=O)n(Cc2cc(C)cc(OC(C)C)c2C)c2ccccc21. The van der Waals surface area contributed by atoms with Gasteiger partial charge in [-0.3, -0.25) is 13.9 Å². The van der Waals surface area contributed by atoms with Crippen LogP contribution in [0.4, 0.5) is 0 Å². The van der Waals surface area contributed by atoms with Crippen LogP contribution in [0.1, 0.15) is 62.8 Å². The van der Waals surface area contributed by atoms with Gasteiger partial charge < -0.3 is 9.84 Å². The molecule has 6 nitrogen and oxygen atoms in total. The molecule has 0 saturated heterocycles. The minimum Gasteiger partial charge on any atom is -0.491 e. The molecule has 31 heavy (non-hydrogen) atoms. The fourth-order valence-corrected chi connectivity index (χ4v) is 4.20. The van der Waals surface area contributed by atoms with E-state index in [2.05, 4.69) is 6.07 Å². The Morgan fingerprint density at radius 2 is 1.81 bits per heavy atom. The van der Waals surface area contributed by atoms with Crippen LogP contribution in [0.3, 0.4) is 0 Å². The van der Waals surface area contributed by atoms with E-state index < -0.39 is 5.97 Å². The number of carboxylic acids is 1. The third-order valence-corrected chi connectivity index (χ3v) is 5.57. The molecule has 0 aliphatic heterocycles. The number of nitrogens with zero attached hydrogens (tertiary/aromatic N) is 2. The lowest BCUT2D eigenvalue weighted by molar-refractivity contribution is -0.137. The monoisotopic (exact) mass is 424 g/mol. The number of aromatic nitrogens is 2. The molecule has 0 bridgehead atoms. The van der Waals surface area contributed by atoms with E-state index >= 15 is 0 Å². The predicted octanol–water partition coefficient (Wildman–Crippen LogP) is 5.07. The van der Waals surface area contributed by atoms with E-state index in [-0.39, 0.29) is 24.3 Å². The Bertz CT molecular complexity index is 1140. The van der Waals surface area contributed by atoms with Crippen molar-refractivity contribution in [3.8, 4) is 5.75 Å². The van der Waals surface area contributed by atoms with Crippen molar-refractivity contribution < 1.29 is 14.6 Å². The van der Waals surface area contributed by atoms with Crippen LogP contribution in [-0.2, 0) is 11.3 Å². The van der Waals surface area contributed by atoms with Gasteiger partial charge in [0.15, 0.2) is 0 Å². The van der Waals surface area contributed by atoms with E-state index in [1.54, 1.807) is 9.13 Å². The summed E-state index contributed by atoms with van der Waals surface area (Å²) in [6, 6.07) is 11.3. The van der Waals surface area contributed by atoms with Crippen LogP contribution in [0.25, 0.3) is 11.0 Å². The number of ether oxygens (including phenoxy) is 1. The first kappa shape index (κ1) is 22.7. The summed E-state index contributed by atoms with van der Waals surface area (Å²) in [5.74, 6) is -0.0660. The molecule has 6 heteroatoms. The maximum Gasteiger partial charge on any atom is 0.329 e. The number of para-hydroxylation sites is 2. The van der Waals surface area contributed by atoms with Gasteiger partial charge in [-0.15, -0.1) is 0 Å². The molecule has 1 atom stereocenters. The summed E-state index contributed by atoms with van der Waals surface area (Å²) in [4.78, 5) is 25.0. The van der Waals surface area contributed by atoms with Crippen LogP contribution in [0, 0.1) is 13.8 Å². The Hall–Kier alpha value is -3.02. The number of carboxylic acid groups (broad SMARTS) is 1. The zero-order valence-electron chi connectivity index (χ0n) is 19.0. The van der Waals surface area contributed by atoms with E-state index in [0.29, 0.717) is 13.0 Å². The molecule has 1 N–H and O–H groups in total. The molecule has 0 saturated carbocycles. The summed E-state index contributed by atoms with van der Waals surface area (Å²) in [6.07, 6.45) is 1.42. The highest BCUT2D eigenvalue weighted by Crippen LogP contribution is 2.28. The largest absolute Gasteiger partial charge is 0.491 e. The average Bonchev–Trinajstić information content (AvgIpc) is 2.96. The average molecular weight is 425 g/mol. The smallest absolute Gasteiger partial charge is 0.329 e. The predicted molar refractivity (Wildman–Crippen MR) is 123 cm³/mol. The van der Waals surface area contributed by atoms with Crippen molar-refractivity contribution in [3.63, 3.8) is 0 Å². The minimum atomic E-state index is -0.896. The second kappa shape index (κ2) is 9.41. The zero-order valence-corrected chi connectivity index (χ0v) is 19.0. The third-order valence-electron chi connectivity index (χ3n) is 5.57. The summed E-state index contributed by atoms with van der Waals surface area (Å²) < 4.78 is 9.40. The first-order chi connectivity index (χ1) is 14.7. The minimum absolute atomic E-state index is 0.0591. The van der Waals surface area contributed by atoms with Crippen molar-refractivity contribution in [2.75, 3.05) is 0 Å². The van der Waals surface area contributed by atoms with Crippen LogP contribution >= 0.6 is 0 Å². The van der Waals surface area contributed by atoms with E-state index in [9.17, 15) is 14.7 Å². The number of carbonyl (C=O) groups is 1. The number of aliphatic carboxylic acids is 1. The molecule has 3 rings (SSSR count). The Morgan fingerprint density at radius 1 is 1.13 bits per heavy atom. The second-order valence-corrected chi connectivity index (χ2v) is 8.48. The van der Waals surface area contributed by atoms with Crippen molar-refractivity contribution in [1.82, 2.24) is 9.13 Å². The van der Waals surface area contributed by atoms with Gasteiger partial charge in [-0.2, -0.15) is 0 Å². The van der Waals surface area contributed by atoms with Gasteiger partial charge in [0.25, 0.3) is 0 Å². The van der Waals surface area contributed by atoms with Crippen molar-refractivity contribution in [1.29, 1.82) is 0 Å². The molecule has 166 valence electrons. The van der Waals surface area contributed by atoms with E-state index in [1.165, 1.54) is 0 Å². The third kappa shape index (κ3) is 4.84. The summed E-state index contributed by atoms with van der Waals surface area (Å²) >= 11 is 0. The number of imidazole rings is 1. The fourth-order valence-electron chi connectivity index (χ4n) is 4.20. The van der Waals surface area contributed by atoms with Crippen molar-refractivity contribution in [2.24, 2.45) is 0 Å². The van der Waals surface area contributed by atoms with Gasteiger partial charge in [0, 0.05) is 6.04 Å². The maximum absolute atomic E-state index is 13.6. The molecule has 0 fully saturated rings. The molecule has 1 unspecified atom stereocenters. The summed E-state index contributed by atoms with van der Waals surface area (Å²) in [5.41, 5.74) is 4.52. The van der Waals surface area contributed by atoms with Gasteiger partial charge in [0.05, 0.1) is 30.1 Å². The molecule has 1 heterocycles. The van der Waals surface area contributed by atoms with Gasteiger partial charge in [-0.05, 0) is 69.0 Å². The summed E-state index contributed by atoms with van der Waals surface area (Å²) in [5, 5.41) is 9.41. The first-order valence-corrected chi connectivity index (χ1v) is 10.9. The van der Waals surface area contributed by atoms with Crippen molar-refractivity contribution >= 4 is 17.0 Å². The lowest BCUT2D eigenvalue weighted by atomic mass is 10.0. The number of fused-ring (bicyclic) bond motifs is 1. The van der Waals surface area contributed by atoms with Crippen LogP contribution in [0.2, 0.25) is 0 Å². The molecule has 3 aromatic rings. The Labute approximate surface area is 183 Å². The van der Waals surface area contributed by atoms with Crippen molar-refractivity contribution in [3.05, 3.63) is 63.6 Å². The highest BCUT2D eigenvalue weighted by molar-refractivity contribution is 5.77. The Morgan fingerprint density at radius 3 is 2.42 bits per heavy atom. The standard InChI is InChI=1S/C25H32N2O4/c1-6-9-20(14-24(28)29)27-22-11-8-7-10-21(22)26(25(27)30)15-19-12-17(4)13-23(18(19)5)31-16(2)3/h7-8,10-13,16,20H,6,9,14-15H2,1-5H3,(H,28,29). The molecule has 0 spiro atoms. The number of hydrogen-bond donors (Lipinski definition) is 1.